The highest BCUT2D eigenvalue weighted by Gasteiger charge is 2.06. The molecule has 0 radical (unpaired) electrons. The first-order chi connectivity index (χ1) is 9.95. The monoisotopic (exact) mass is 343 g/mol. The van der Waals surface area contributed by atoms with Crippen LogP contribution in [-0.4, -0.2) is 54.7 Å². The molecule has 1 unspecified atom stereocenters. The Labute approximate surface area is 131 Å². The lowest BCUT2D eigenvalue weighted by Gasteiger charge is -2.11. The minimum atomic E-state index is -3.95. The molecular weight excluding hydrogens is 314 g/mol. The molecule has 6 nitrogen and oxygen atoms in total. The molecule has 0 saturated heterocycles. The van der Waals surface area contributed by atoms with Gasteiger partial charge in [-0.15, -0.1) is 0 Å². The minimum absolute atomic E-state index is 0.263. The van der Waals surface area contributed by atoms with Crippen molar-refractivity contribution in [3.05, 3.63) is 0 Å². The van der Waals surface area contributed by atoms with Gasteiger partial charge in [0.2, 0.25) is 0 Å². The van der Waals surface area contributed by atoms with E-state index in [1.54, 1.807) is 0 Å². The Kier molecular flexibility index (Phi) is 13.9. The molecule has 0 bridgehead atoms. The van der Waals surface area contributed by atoms with Gasteiger partial charge in [0.1, 0.15) is 0 Å². The first-order valence-electron chi connectivity index (χ1n) is 7.57. The summed E-state index contributed by atoms with van der Waals surface area (Å²) >= 11 is 0. The predicted molar refractivity (Wildman–Crippen MR) is 86.9 cm³/mol. The van der Waals surface area contributed by atoms with E-state index in [9.17, 15) is 13.5 Å². The van der Waals surface area contributed by atoms with Crippen molar-refractivity contribution in [2.75, 3.05) is 25.4 Å². The van der Waals surface area contributed by atoms with Crippen molar-refractivity contribution < 1.29 is 23.2 Å². The van der Waals surface area contributed by atoms with E-state index in [1.807, 2.05) is 0 Å². The molecule has 0 fully saturated rings. The summed E-state index contributed by atoms with van der Waals surface area (Å²) in [6, 6.07) is 0. The molecule has 0 aliphatic rings. The van der Waals surface area contributed by atoms with Crippen molar-refractivity contribution in [3.63, 3.8) is 0 Å². The molecule has 0 heterocycles. The summed E-state index contributed by atoms with van der Waals surface area (Å²) in [6.45, 7) is 1.16. The Morgan fingerprint density at radius 1 is 1.00 bits per heavy atom. The van der Waals surface area contributed by atoms with Crippen molar-refractivity contribution in [2.45, 2.75) is 57.5 Å². The molecule has 0 spiro atoms. The molecule has 0 amide bonds. The number of aliphatic hydroxyl groups is 2. The Hall–Kier alpha value is 0.140. The van der Waals surface area contributed by atoms with Gasteiger partial charge in [-0.3, -0.25) is 4.55 Å². The van der Waals surface area contributed by atoms with Crippen LogP contribution in [0, 0.1) is 0 Å². The van der Waals surface area contributed by atoms with Gasteiger partial charge in [0.05, 0.1) is 6.10 Å². The van der Waals surface area contributed by atoms with Crippen molar-refractivity contribution in [2.24, 2.45) is 0 Å². The lowest BCUT2D eigenvalue weighted by molar-refractivity contribution is 0.158. The third kappa shape index (κ3) is 18.1. The van der Waals surface area contributed by atoms with Crippen molar-refractivity contribution in [1.82, 2.24) is 5.32 Å². The van der Waals surface area contributed by atoms with Crippen molar-refractivity contribution in [1.29, 1.82) is 0 Å². The number of nitrogens with one attached hydrogen (secondary N) is 1. The zero-order valence-corrected chi connectivity index (χ0v) is 14.2. The Bertz CT molecular complexity index is 325. The molecule has 0 aromatic heterocycles. The van der Waals surface area contributed by atoms with Crippen molar-refractivity contribution in [3.8, 4) is 0 Å². The molecule has 0 rings (SSSR count). The van der Waals surface area contributed by atoms with Gasteiger partial charge in [0.15, 0.2) is 0 Å². The zero-order chi connectivity index (χ0) is 16.0. The van der Waals surface area contributed by atoms with E-state index in [-0.39, 0.29) is 12.4 Å². The maximum atomic E-state index is 10.4. The highest BCUT2D eigenvalue weighted by Crippen LogP contribution is 2.10. The van der Waals surface area contributed by atoms with Crippen LogP contribution in [0.15, 0.2) is 0 Å². The van der Waals surface area contributed by atoms with E-state index < -0.39 is 15.3 Å². The van der Waals surface area contributed by atoms with Gasteiger partial charge in [0, 0.05) is 25.4 Å². The number of rotatable bonds is 15. The van der Waals surface area contributed by atoms with Gasteiger partial charge in [-0.25, -0.2) is 0 Å². The molecule has 0 saturated carbocycles. The average molecular weight is 344 g/mol. The summed E-state index contributed by atoms with van der Waals surface area (Å²) in [5.74, 6) is 0.263. The van der Waals surface area contributed by atoms with Crippen LogP contribution in [-0.2, 0) is 9.15 Å². The normalized spacial score (nSPS) is 13.5. The second-order valence-electron chi connectivity index (χ2n) is 5.09. The fourth-order valence-corrected chi connectivity index (χ4v) is 3.29. The summed E-state index contributed by atoms with van der Waals surface area (Å²) in [4.78, 5) is 0. The second-order valence-corrected chi connectivity index (χ2v) is 8.57. The largest absolute Gasteiger partial charge is 0.396 e. The maximum Gasteiger partial charge on any atom is 0.319 e. The number of unbranched alkanes of at least 4 members (excludes halogenated alkanes) is 6. The van der Waals surface area contributed by atoms with Crippen LogP contribution in [0.2, 0.25) is 0 Å². The highest BCUT2D eigenvalue weighted by molar-refractivity contribution is 8.69. The van der Waals surface area contributed by atoms with Crippen LogP contribution in [0.1, 0.15) is 51.4 Å². The quantitative estimate of drug-likeness (QED) is 0.203. The SMILES string of the molecule is O=S(=O)(O)SCCNCC(O)CCCCCCCCCO. The van der Waals surface area contributed by atoms with Gasteiger partial charge in [-0.05, 0) is 23.6 Å². The van der Waals surface area contributed by atoms with Gasteiger partial charge >= 0.3 is 9.15 Å². The lowest BCUT2D eigenvalue weighted by atomic mass is 10.1. The molecule has 0 aliphatic carbocycles. The highest BCUT2D eigenvalue weighted by atomic mass is 33.1. The third-order valence-corrected chi connectivity index (χ3v) is 5.15. The van der Waals surface area contributed by atoms with E-state index in [2.05, 4.69) is 5.32 Å². The molecule has 8 heteroatoms. The summed E-state index contributed by atoms with van der Waals surface area (Å²) < 4.78 is 29.4. The first kappa shape index (κ1) is 21.1. The van der Waals surface area contributed by atoms with Crippen LogP contribution >= 0.6 is 10.8 Å². The molecule has 4 N–H and O–H groups in total. The van der Waals surface area contributed by atoms with E-state index in [0.717, 1.165) is 44.9 Å². The molecule has 1 atom stereocenters. The standard InChI is InChI=1S/C13H29NO5S2/c15-10-7-5-3-1-2-4-6-8-13(16)12-14-9-11-20-21(17,18)19/h13-16H,1-12H2,(H,17,18,19). The molecular formula is C13H29NO5S2. The van der Waals surface area contributed by atoms with Gasteiger partial charge in [-0.1, -0.05) is 38.5 Å². The van der Waals surface area contributed by atoms with E-state index in [0.29, 0.717) is 23.9 Å². The predicted octanol–water partition coefficient (Wildman–Crippen LogP) is 1.59. The van der Waals surface area contributed by atoms with Gasteiger partial charge < -0.3 is 15.5 Å². The van der Waals surface area contributed by atoms with E-state index in [4.69, 9.17) is 9.66 Å². The van der Waals surface area contributed by atoms with Crippen LogP contribution in [0.5, 0.6) is 0 Å². The number of hydrogen-bond donors (Lipinski definition) is 4. The van der Waals surface area contributed by atoms with E-state index >= 15 is 0 Å². The zero-order valence-electron chi connectivity index (χ0n) is 12.5. The summed E-state index contributed by atoms with van der Waals surface area (Å²) in [7, 11) is -3.47. The lowest BCUT2D eigenvalue weighted by Crippen LogP contribution is -2.28. The number of hydrogen-bond acceptors (Lipinski definition) is 6. The fourth-order valence-electron chi connectivity index (χ4n) is 1.97. The van der Waals surface area contributed by atoms with Crippen LogP contribution in [0.4, 0.5) is 0 Å². The Balaban J connectivity index is 3.25. The smallest absolute Gasteiger partial charge is 0.319 e. The average Bonchev–Trinajstić information content (AvgIpc) is 2.40. The molecule has 0 aromatic rings. The topological polar surface area (TPSA) is 107 Å². The van der Waals surface area contributed by atoms with Crippen molar-refractivity contribution >= 4 is 19.9 Å². The first-order valence-corrected chi connectivity index (χ1v) is 10.5. The van der Waals surface area contributed by atoms with Gasteiger partial charge in [-0.2, -0.15) is 8.42 Å². The second kappa shape index (κ2) is 13.8. The van der Waals surface area contributed by atoms with Crippen LogP contribution in [0.3, 0.4) is 0 Å². The fraction of sp³-hybridized carbons (Fsp3) is 1.00. The van der Waals surface area contributed by atoms with Crippen LogP contribution in [0.25, 0.3) is 0 Å². The summed E-state index contributed by atoms with van der Waals surface area (Å²) in [6.07, 6.45) is 7.92. The van der Waals surface area contributed by atoms with Crippen LogP contribution < -0.4 is 5.32 Å². The third-order valence-electron chi connectivity index (χ3n) is 3.09. The summed E-state index contributed by atoms with van der Waals surface area (Å²) in [5, 5.41) is 21.3. The number of aliphatic hydroxyl groups excluding tert-OH is 2. The Morgan fingerprint density at radius 2 is 1.57 bits per heavy atom. The van der Waals surface area contributed by atoms with Gasteiger partial charge in [0.25, 0.3) is 0 Å². The maximum absolute atomic E-state index is 10.4. The van der Waals surface area contributed by atoms with E-state index in [1.165, 1.54) is 6.42 Å². The molecule has 128 valence electrons. The minimum Gasteiger partial charge on any atom is -0.396 e. The summed E-state index contributed by atoms with van der Waals surface area (Å²) in [5.41, 5.74) is 0. The molecule has 0 aliphatic heterocycles. The molecule has 21 heavy (non-hydrogen) atoms. The Morgan fingerprint density at radius 3 is 2.14 bits per heavy atom. The molecule has 0 aromatic carbocycles.